The van der Waals surface area contributed by atoms with Gasteiger partial charge in [-0.25, -0.2) is 0 Å². The van der Waals surface area contributed by atoms with E-state index < -0.39 is 6.10 Å². The molecule has 2 aromatic rings. The first-order valence-corrected chi connectivity index (χ1v) is 5.71. The lowest BCUT2D eigenvalue weighted by atomic mass is 9.90. The topological polar surface area (TPSA) is 40.5 Å². The third-order valence-corrected chi connectivity index (χ3v) is 2.95. The lowest BCUT2D eigenvalue weighted by molar-refractivity contribution is 0.107. The van der Waals surface area contributed by atoms with Crippen molar-refractivity contribution in [3.8, 4) is 0 Å². The highest BCUT2D eigenvalue weighted by atomic mass is 16.3. The molecular formula is C15H16O2. The van der Waals surface area contributed by atoms with Crippen molar-refractivity contribution in [2.45, 2.75) is 12.0 Å². The zero-order valence-electron chi connectivity index (χ0n) is 9.53. The highest BCUT2D eigenvalue weighted by Crippen LogP contribution is 2.30. The first-order chi connectivity index (χ1) is 8.33. The summed E-state index contributed by atoms with van der Waals surface area (Å²) in [5.41, 5.74) is 1.78. The molecule has 0 aliphatic carbocycles. The molecule has 0 aromatic heterocycles. The molecule has 0 saturated carbocycles. The molecule has 2 N–H and O–H groups in total. The maximum atomic E-state index is 10.3. The Bertz CT molecular complexity index is 439. The van der Waals surface area contributed by atoms with E-state index in [4.69, 9.17) is 0 Å². The lowest BCUT2D eigenvalue weighted by Crippen LogP contribution is -2.14. The minimum atomic E-state index is -0.677. The van der Waals surface area contributed by atoms with Crippen LogP contribution in [0.1, 0.15) is 23.1 Å². The van der Waals surface area contributed by atoms with Crippen LogP contribution in [0.4, 0.5) is 0 Å². The lowest BCUT2D eigenvalue weighted by Gasteiger charge is -2.21. The first kappa shape index (κ1) is 11.8. The summed E-state index contributed by atoms with van der Waals surface area (Å²) in [5, 5.41) is 19.7. The molecule has 2 atom stereocenters. The van der Waals surface area contributed by atoms with E-state index in [-0.39, 0.29) is 12.5 Å². The van der Waals surface area contributed by atoms with Gasteiger partial charge in [0.25, 0.3) is 0 Å². The number of hydrogen-bond donors (Lipinski definition) is 2. The van der Waals surface area contributed by atoms with Gasteiger partial charge in [0.1, 0.15) is 0 Å². The highest BCUT2D eigenvalue weighted by molar-refractivity contribution is 5.26. The maximum Gasteiger partial charge on any atom is 0.0880 e. The Hall–Kier alpha value is -1.64. The van der Waals surface area contributed by atoms with Crippen LogP contribution < -0.4 is 0 Å². The van der Waals surface area contributed by atoms with Gasteiger partial charge < -0.3 is 10.2 Å². The van der Waals surface area contributed by atoms with Crippen molar-refractivity contribution in [1.29, 1.82) is 0 Å². The Morgan fingerprint density at radius 1 is 0.765 bits per heavy atom. The molecule has 0 unspecified atom stereocenters. The van der Waals surface area contributed by atoms with Gasteiger partial charge in [0.05, 0.1) is 12.7 Å². The molecule has 0 amide bonds. The van der Waals surface area contributed by atoms with Gasteiger partial charge in [-0.3, -0.25) is 0 Å². The molecule has 0 aliphatic rings. The predicted octanol–water partition coefficient (Wildman–Crippen LogP) is 2.50. The third kappa shape index (κ3) is 2.73. The maximum absolute atomic E-state index is 10.3. The molecule has 17 heavy (non-hydrogen) atoms. The second-order valence-corrected chi connectivity index (χ2v) is 4.06. The van der Waals surface area contributed by atoms with Crippen LogP contribution in [0.15, 0.2) is 60.7 Å². The van der Waals surface area contributed by atoms with Crippen LogP contribution in [0, 0.1) is 0 Å². The van der Waals surface area contributed by atoms with Crippen LogP contribution >= 0.6 is 0 Å². The summed E-state index contributed by atoms with van der Waals surface area (Å²) in [6.07, 6.45) is -0.677. The molecule has 2 nitrogen and oxygen atoms in total. The minimum absolute atomic E-state index is 0.0694. The van der Waals surface area contributed by atoms with Gasteiger partial charge in [0.15, 0.2) is 0 Å². The van der Waals surface area contributed by atoms with Crippen molar-refractivity contribution in [1.82, 2.24) is 0 Å². The van der Waals surface area contributed by atoms with E-state index in [2.05, 4.69) is 0 Å². The predicted molar refractivity (Wildman–Crippen MR) is 67.7 cm³/mol. The van der Waals surface area contributed by atoms with Crippen LogP contribution in [-0.4, -0.2) is 16.8 Å². The molecular weight excluding hydrogens is 212 g/mol. The molecule has 88 valence electrons. The summed E-state index contributed by atoms with van der Waals surface area (Å²) in [7, 11) is 0. The standard InChI is InChI=1S/C15H16O2/c16-11-14(12-7-3-1-4-8-12)15(17)13-9-5-2-6-10-13/h1-10,14-17H,11H2/t14-,15+/m1/s1. The normalized spacial score (nSPS) is 14.2. The minimum Gasteiger partial charge on any atom is -0.396 e. The Balaban J connectivity index is 2.25. The molecule has 2 rings (SSSR count). The summed E-state index contributed by atoms with van der Waals surface area (Å²) in [5.74, 6) is -0.279. The van der Waals surface area contributed by atoms with E-state index in [1.165, 1.54) is 0 Å². The molecule has 0 saturated heterocycles. The molecule has 0 spiro atoms. The summed E-state index contributed by atoms with van der Waals surface area (Å²) in [6, 6.07) is 19.0. The average Bonchev–Trinajstić information content (AvgIpc) is 2.42. The SMILES string of the molecule is OC[C@H](c1ccccc1)[C@@H](O)c1ccccc1. The van der Waals surface area contributed by atoms with Gasteiger partial charge in [-0.2, -0.15) is 0 Å². The number of aliphatic hydroxyl groups excluding tert-OH is 2. The van der Waals surface area contributed by atoms with Crippen molar-refractivity contribution >= 4 is 0 Å². The summed E-state index contributed by atoms with van der Waals surface area (Å²) in [6.45, 7) is -0.0694. The van der Waals surface area contributed by atoms with Crippen molar-refractivity contribution < 1.29 is 10.2 Å². The van der Waals surface area contributed by atoms with E-state index in [0.29, 0.717) is 0 Å². The monoisotopic (exact) mass is 228 g/mol. The smallest absolute Gasteiger partial charge is 0.0880 e. The molecule has 2 heteroatoms. The number of aliphatic hydroxyl groups is 2. The fourth-order valence-electron chi connectivity index (χ4n) is 1.97. The molecule has 0 fully saturated rings. The molecule has 0 heterocycles. The van der Waals surface area contributed by atoms with Crippen molar-refractivity contribution in [2.24, 2.45) is 0 Å². The van der Waals surface area contributed by atoms with Crippen LogP contribution in [0.3, 0.4) is 0 Å². The van der Waals surface area contributed by atoms with Gasteiger partial charge >= 0.3 is 0 Å². The van der Waals surface area contributed by atoms with Crippen molar-refractivity contribution in [2.75, 3.05) is 6.61 Å². The van der Waals surface area contributed by atoms with Crippen LogP contribution in [0.25, 0.3) is 0 Å². The largest absolute Gasteiger partial charge is 0.396 e. The Morgan fingerprint density at radius 3 is 1.71 bits per heavy atom. The Kier molecular flexibility index (Phi) is 3.91. The van der Waals surface area contributed by atoms with Crippen molar-refractivity contribution in [3.05, 3.63) is 71.8 Å². The van der Waals surface area contributed by atoms with Gasteiger partial charge in [0, 0.05) is 5.92 Å². The van der Waals surface area contributed by atoms with E-state index >= 15 is 0 Å². The second-order valence-electron chi connectivity index (χ2n) is 4.06. The average molecular weight is 228 g/mol. The zero-order valence-corrected chi connectivity index (χ0v) is 9.53. The van der Waals surface area contributed by atoms with Crippen LogP contribution in [0.2, 0.25) is 0 Å². The highest BCUT2D eigenvalue weighted by Gasteiger charge is 2.21. The summed E-state index contributed by atoms with van der Waals surface area (Å²) >= 11 is 0. The first-order valence-electron chi connectivity index (χ1n) is 5.71. The molecule has 0 bridgehead atoms. The van der Waals surface area contributed by atoms with E-state index in [1.807, 2.05) is 60.7 Å². The van der Waals surface area contributed by atoms with Gasteiger partial charge in [0.2, 0.25) is 0 Å². The fourth-order valence-corrected chi connectivity index (χ4v) is 1.97. The van der Waals surface area contributed by atoms with Gasteiger partial charge in [-0.15, -0.1) is 0 Å². The second kappa shape index (κ2) is 5.62. The molecule has 0 aliphatic heterocycles. The fraction of sp³-hybridized carbons (Fsp3) is 0.200. The van der Waals surface area contributed by atoms with Crippen molar-refractivity contribution in [3.63, 3.8) is 0 Å². The third-order valence-electron chi connectivity index (χ3n) is 2.95. The number of benzene rings is 2. The summed E-state index contributed by atoms with van der Waals surface area (Å²) < 4.78 is 0. The summed E-state index contributed by atoms with van der Waals surface area (Å²) in [4.78, 5) is 0. The number of rotatable bonds is 4. The van der Waals surface area contributed by atoms with E-state index in [0.717, 1.165) is 11.1 Å². The van der Waals surface area contributed by atoms with Crippen LogP contribution in [-0.2, 0) is 0 Å². The quantitative estimate of drug-likeness (QED) is 0.844. The zero-order chi connectivity index (χ0) is 12.1. The van der Waals surface area contributed by atoms with E-state index in [1.54, 1.807) is 0 Å². The van der Waals surface area contributed by atoms with E-state index in [9.17, 15) is 10.2 Å². The molecule has 2 aromatic carbocycles. The number of hydrogen-bond acceptors (Lipinski definition) is 2. The Morgan fingerprint density at radius 2 is 1.24 bits per heavy atom. The van der Waals surface area contributed by atoms with Crippen LogP contribution in [0.5, 0.6) is 0 Å². The molecule has 0 radical (unpaired) electrons. The van der Waals surface area contributed by atoms with Gasteiger partial charge in [-0.05, 0) is 11.1 Å². The van der Waals surface area contributed by atoms with Gasteiger partial charge in [-0.1, -0.05) is 60.7 Å². The Labute approximate surface area is 101 Å².